The minimum atomic E-state index is -0.314. The molecule has 0 radical (unpaired) electrons. The Labute approximate surface area is 183 Å². The normalized spacial score (nSPS) is 12.2. The molecule has 0 aliphatic rings. The Kier molecular flexibility index (Phi) is 5.94. The van der Waals surface area contributed by atoms with E-state index in [-0.39, 0.29) is 34.5 Å². The van der Waals surface area contributed by atoms with E-state index in [0.29, 0.717) is 12.1 Å². The molecular formula is C25H32N4O2. The number of rotatable bonds is 5. The van der Waals surface area contributed by atoms with E-state index in [1.54, 1.807) is 23.0 Å². The fourth-order valence-corrected chi connectivity index (χ4v) is 3.56. The molecule has 0 fully saturated rings. The largest absolute Gasteiger partial charge is 0.507 e. The third kappa shape index (κ3) is 4.95. The number of ketones is 1. The molecule has 0 saturated carbocycles. The Bertz CT molecular complexity index is 1110. The number of hydrogen-bond donors (Lipinski definition) is 2. The number of nitrogens with one attached hydrogen (secondary N) is 1. The average Bonchev–Trinajstić information content (AvgIpc) is 3.00. The number of carbonyl (C=O) groups is 1. The zero-order valence-electron chi connectivity index (χ0n) is 19.2. The van der Waals surface area contributed by atoms with Crippen molar-refractivity contribution in [1.29, 1.82) is 5.41 Å². The van der Waals surface area contributed by atoms with Crippen LogP contribution in [0.15, 0.2) is 48.8 Å². The first kappa shape index (κ1) is 22.5. The van der Waals surface area contributed by atoms with Gasteiger partial charge in [-0.05, 0) is 28.5 Å². The fourth-order valence-electron chi connectivity index (χ4n) is 3.56. The predicted molar refractivity (Wildman–Crippen MR) is 121 cm³/mol. The van der Waals surface area contributed by atoms with Gasteiger partial charge in [-0.2, -0.15) is 5.10 Å². The molecule has 6 nitrogen and oxygen atoms in total. The van der Waals surface area contributed by atoms with E-state index >= 15 is 0 Å². The topological polar surface area (TPSA) is 83.9 Å². The fraction of sp³-hybridized carbons (Fsp3) is 0.400. The van der Waals surface area contributed by atoms with Gasteiger partial charge in [-0.3, -0.25) is 14.8 Å². The first-order chi connectivity index (χ1) is 14.4. The lowest BCUT2D eigenvalue weighted by Gasteiger charge is -2.28. The summed E-state index contributed by atoms with van der Waals surface area (Å²) < 4.78 is 3.12. The number of nitrogens with zero attached hydrogens (tertiary/aromatic N) is 3. The lowest BCUT2D eigenvalue weighted by atomic mass is 9.78. The van der Waals surface area contributed by atoms with Gasteiger partial charge in [0.2, 0.25) is 5.62 Å². The number of phenols is 1. The first-order valence-corrected chi connectivity index (χ1v) is 10.5. The molecular weight excluding hydrogens is 388 g/mol. The summed E-state index contributed by atoms with van der Waals surface area (Å²) >= 11 is 0. The monoisotopic (exact) mass is 420 g/mol. The van der Waals surface area contributed by atoms with E-state index in [4.69, 9.17) is 5.41 Å². The molecule has 1 aromatic heterocycles. The van der Waals surface area contributed by atoms with Crippen LogP contribution >= 0.6 is 0 Å². The quantitative estimate of drug-likeness (QED) is 0.600. The van der Waals surface area contributed by atoms with Crippen LogP contribution in [0.5, 0.6) is 5.75 Å². The van der Waals surface area contributed by atoms with Crippen LogP contribution in [-0.4, -0.2) is 25.2 Å². The van der Waals surface area contributed by atoms with Crippen LogP contribution in [0.3, 0.4) is 0 Å². The summed E-state index contributed by atoms with van der Waals surface area (Å²) in [4.78, 5) is 13.2. The number of Topliss-reactive ketones (excluding diaryl/α,β-unsaturated/α-hetero) is 1. The number of hydrogen-bond acceptors (Lipinski definition) is 4. The van der Waals surface area contributed by atoms with Crippen LogP contribution in [0, 0.1) is 5.41 Å². The van der Waals surface area contributed by atoms with Crippen molar-refractivity contribution in [2.45, 2.75) is 65.5 Å². The van der Waals surface area contributed by atoms with E-state index < -0.39 is 0 Å². The van der Waals surface area contributed by atoms with Crippen molar-refractivity contribution in [2.75, 3.05) is 0 Å². The predicted octanol–water partition coefficient (Wildman–Crippen LogP) is 4.40. The van der Waals surface area contributed by atoms with Crippen LogP contribution in [0.25, 0.3) is 0 Å². The summed E-state index contributed by atoms with van der Waals surface area (Å²) in [5.74, 6) is 0.108. The van der Waals surface area contributed by atoms with E-state index in [0.717, 1.165) is 16.7 Å². The van der Waals surface area contributed by atoms with Crippen molar-refractivity contribution in [3.63, 3.8) is 0 Å². The molecule has 6 heteroatoms. The second-order valence-corrected chi connectivity index (χ2v) is 10.1. The molecule has 0 aliphatic heterocycles. The molecule has 0 unspecified atom stereocenters. The van der Waals surface area contributed by atoms with Crippen LogP contribution in [0.4, 0.5) is 0 Å². The summed E-state index contributed by atoms with van der Waals surface area (Å²) in [6.45, 7) is 12.6. The molecule has 0 bridgehead atoms. The minimum Gasteiger partial charge on any atom is -0.507 e. The number of benzene rings is 2. The Morgan fingerprint density at radius 2 is 1.55 bits per heavy atom. The van der Waals surface area contributed by atoms with Crippen LogP contribution in [0.2, 0.25) is 0 Å². The Balaban J connectivity index is 1.93. The van der Waals surface area contributed by atoms with Crippen molar-refractivity contribution in [3.05, 3.63) is 76.7 Å². The van der Waals surface area contributed by atoms with Gasteiger partial charge < -0.3 is 5.11 Å². The van der Waals surface area contributed by atoms with E-state index in [9.17, 15) is 9.90 Å². The summed E-state index contributed by atoms with van der Waals surface area (Å²) in [5, 5.41) is 23.6. The number of aromatic nitrogens is 3. The van der Waals surface area contributed by atoms with Gasteiger partial charge in [-0.25, -0.2) is 4.68 Å². The summed E-state index contributed by atoms with van der Waals surface area (Å²) in [6.07, 6.45) is 1.58. The van der Waals surface area contributed by atoms with Gasteiger partial charge in [-0.1, -0.05) is 71.9 Å². The van der Waals surface area contributed by atoms with Crippen molar-refractivity contribution >= 4 is 5.78 Å². The summed E-state index contributed by atoms with van der Waals surface area (Å²) in [5.41, 5.74) is 2.62. The highest BCUT2D eigenvalue weighted by Crippen LogP contribution is 2.39. The summed E-state index contributed by atoms with van der Waals surface area (Å²) in [7, 11) is 0. The third-order valence-corrected chi connectivity index (χ3v) is 5.38. The Morgan fingerprint density at radius 1 is 1.00 bits per heavy atom. The standard InChI is InChI=1S/C25H32N4O2/c1-24(2,3)19-12-18(13-20(22(19)31)25(4,5)6)21(30)15-29-23(26)28(16-27-29)14-17-10-8-7-9-11-17/h7-13,16,26,31H,14-15H2,1-6H3. The maximum atomic E-state index is 13.2. The van der Waals surface area contributed by atoms with Crippen molar-refractivity contribution in [2.24, 2.45) is 0 Å². The molecule has 31 heavy (non-hydrogen) atoms. The van der Waals surface area contributed by atoms with Gasteiger partial charge in [0, 0.05) is 16.7 Å². The SMILES string of the molecule is CC(C)(C)c1cc(C(=O)Cn2ncn(Cc3ccccc3)c2=N)cc(C(C)(C)C)c1O. The highest BCUT2D eigenvalue weighted by molar-refractivity contribution is 5.96. The lowest BCUT2D eigenvalue weighted by molar-refractivity contribution is 0.0965. The van der Waals surface area contributed by atoms with Gasteiger partial charge in [-0.15, -0.1) is 0 Å². The zero-order valence-corrected chi connectivity index (χ0v) is 19.2. The molecule has 0 saturated heterocycles. The smallest absolute Gasteiger partial charge is 0.220 e. The van der Waals surface area contributed by atoms with Gasteiger partial charge in [0.15, 0.2) is 5.78 Å². The molecule has 2 N–H and O–H groups in total. The van der Waals surface area contributed by atoms with Crippen molar-refractivity contribution < 1.29 is 9.90 Å². The van der Waals surface area contributed by atoms with Gasteiger partial charge in [0.25, 0.3) is 0 Å². The molecule has 2 aromatic carbocycles. The van der Waals surface area contributed by atoms with Crippen LogP contribution < -0.4 is 5.62 Å². The van der Waals surface area contributed by atoms with E-state index in [2.05, 4.69) is 5.10 Å². The van der Waals surface area contributed by atoms with E-state index in [1.807, 2.05) is 71.9 Å². The van der Waals surface area contributed by atoms with E-state index in [1.165, 1.54) is 4.68 Å². The maximum absolute atomic E-state index is 13.2. The number of aromatic hydroxyl groups is 1. The Morgan fingerprint density at radius 3 is 2.06 bits per heavy atom. The highest BCUT2D eigenvalue weighted by atomic mass is 16.3. The molecule has 0 spiro atoms. The summed E-state index contributed by atoms with van der Waals surface area (Å²) in [6, 6.07) is 13.4. The van der Waals surface area contributed by atoms with Gasteiger partial charge >= 0.3 is 0 Å². The molecule has 0 aliphatic carbocycles. The second-order valence-electron chi connectivity index (χ2n) is 10.1. The van der Waals surface area contributed by atoms with Crippen molar-refractivity contribution in [1.82, 2.24) is 14.3 Å². The molecule has 1 heterocycles. The average molecular weight is 421 g/mol. The first-order valence-electron chi connectivity index (χ1n) is 10.5. The number of carbonyl (C=O) groups excluding carboxylic acids is 1. The molecule has 0 atom stereocenters. The Hall–Kier alpha value is -3.15. The molecule has 164 valence electrons. The van der Waals surface area contributed by atoms with Crippen molar-refractivity contribution in [3.8, 4) is 5.75 Å². The highest BCUT2D eigenvalue weighted by Gasteiger charge is 2.28. The third-order valence-electron chi connectivity index (χ3n) is 5.38. The minimum absolute atomic E-state index is 0.0292. The molecule has 0 amide bonds. The maximum Gasteiger partial charge on any atom is 0.220 e. The molecule has 3 rings (SSSR count). The second kappa shape index (κ2) is 8.17. The van der Waals surface area contributed by atoms with Crippen LogP contribution in [-0.2, 0) is 23.9 Å². The van der Waals surface area contributed by atoms with Crippen LogP contribution in [0.1, 0.15) is 68.6 Å². The lowest BCUT2D eigenvalue weighted by Crippen LogP contribution is -2.28. The molecule has 3 aromatic rings. The zero-order chi connectivity index (χ0) is 23.0. The van der Waals surface area contributed by atoms with Gasteiger partial charge in [0.1, 0.15) is 18.6 Å². The number of phenolic OH excluding ortho intramolecular Hbond substituents is 1. The van der Waals surface area contributed by atoms with Gasteiger partial charge in [0.05, 0.1) is 6.54 Å².